The Hall–Kier alpha value is -3.21. The summed E-state index contributed by atoms with van der Waals surface area (Å²) in [6, 6.07) is 14.2. The van der Waals surface area contributed by atoms with Crippen molar-refractivity contribution >= 4 is 40.1 Å². The second kappa shape index (κ2) is 7.57. The highest BCUT2D eigenvalue weighted by Crippen LogP contribution is 2.26. The van der Waals surface area contributed by atoms with E-state index in [-0.39, 0.29) is 0 Å². The van der Waals surface area contributed by atoms with Crippen LogP contribution in [0.25, 0.3) is 16.5 Å². The van der Waals surface area contributed by atoms with E-state index in [1.54, 1.807) is 6.20 Å². The summed E-state index contributed by atoms with van der Waals surface area (Å²) >= 11 is 0. The van der Waals surface area contributed by atoms with Crippen LogP contribution in [0, 0.1) is 0 Å². The Kier molecular flexibility index (Phi) is 5.04. The molecule has 126 valence electrons. The van der Waals surface area contributed by atoms with E-state index in [0.29, 0.717) is 11.8 Å². The number of aliphatic imine (C=N–C) groups is 1. The lowest BCUT2D eigenvalue weighted by atomic mass is 10.1. The Balaban J connectivity index is 1.92. The third-order valence-electron chi connectivity index (χ3n) is 3.82. The molecule has 0 saturated heterocycles. The van der Waals surface area contributed by atoms with Gasteiger partial charge in [0.2, 0.25) is 5.95 Å². The Morgan fingerprint density at radius 1 is 1.20 bits per heavy atom. The normalized spacial score (nSPS) is 12.0. The van der Waals surface area contributed by atoms with Crippen molar-refractivity contribution in [2.24, 2.45) is 4.99 Å². The molecule has 5 heteroatoms. The van der Waals surface area contributed by atoms with E-state index in [0.717, 1.165) is 34.1 Å². The van der Waals surface area contributed by atoms with Gasteiger partial charge in [0.15, 0.2) is 0 Å². The van der Waals surface area contributed by atoms with Gasteiger partial charge in [-0.05, 0) is 24.8 Å². The lowest BCUT2D eigenvalue weighted by Crippen LogP contribution is -2.03. The molecular formula is C20H21N5. The van der Waals surface area contributed by atoms with Crippen LogP contribution in [0.15, 0.2) is 59.7 Å². The standard InChI is InChI=1S/C20H21N5/c1-3-12-22-17(4-2)16-13-23-20(25-19(16)21)24-18-11-7-9-14-8-5-6-10-15(14)18/h4-13H,3H2,1-2H3,(H3,21,23,24,25)/b17-4-,22-12?. The van der Waals surface area contributed by atoms with Gasteiger partial charge in [0.1, 0.15) is 5.82 Å². The molecule has 2 aromatic carbocycles. The van der Waals surface area contributed by atoms with Crippen LogP contribution in [0.2, 0.25) is 0 Å². The maximum Gasteiger partial charge on any atom is 0.229 e. The Morgan fingerprint density at radius 2 is 2.00 bits per heavy atom. The predicted molar refractivity (Wildman–Crippen MR) is 106 cm³/mol. The van der Waals surface area contributed by atoms with Crippen molar-refractivity contribution in [3.63, 3.8) is 0 Å². The van der Waals surface area contributed by atoms with E-state index in [9.17, 15) is 0 Å². The zero-order valence-corrected chi connectivity index (χ0v) is 14.4. The molecule has 0 amide bonds. The fraction of sp³-hybridized carbons (Fsp3) is 0.150. The number of rotatable bonds is 5. The summed E-state index contributed by atoms with van der Waals surface area (Å²) in [4.78, 5) is 13.2. The van der Waals surface area contributed by atoms with Crippen molar-refractivity contribution < 1.29 is 0 Å². The van der Waals surface area contributed by atoms with Gasteiger partial charge in [-0.3, -0.25) is 4.99 Å². The first-order chi connectivity index (χ1) is 12.2. The summed E-state index contributed by atoms with van der Waals surface area (Å²) in [5.41, 5.74) is 8.58. The molecule has 0 aliphatic rings. The molecule has 25 heavy (non-hydrogen) atoms. The zero-order chi connectivity index (χ0) is 17.6. The lowest BCUT2D eigenvalue weighted by Gasteiger charge is -2.10. The summed E-state index contributed by atoms with van der Waals surface area (Å²) in [5, 5.41) is 5.52. The minimum Gasteiger partial charge on any atom is -0.383 e. The number of hydrogen-bond acceptors (Lipinski definition) is 5. The van der Waals surface area contributed by atoms with Crippen molar-refractivity contribution in [2.45, 2.75) is 20.3 Å². The molecule has 0 radical (unpaired) electrons. The van der Waals surface area contributed by atoms with Gasteiger partial charge in [0, 0.05) is 23.5 Å². The number of nitrogens with zero attached hydrogens (tertiary/aromatic N) is 3. The highest BCUT2D eigenvalue weighted by Gasteiger charge is 2.09. The maximum absolute atomic E-state index is 6.13. The average Bonchev–Trinajstić information content (AvgIpc) is 2.64. The molecule has 0 spiro atoms. The molecule has 1 heterocycles. The average molecular weight is 331 g/mol. The van der Waals surface area contributed by atoms with Crippen molar-refractivity contribution in [3.8, 4) is 0 Å². The number of hydrogen-bond donors (Lipinski definition) is 2. The van der Waals surface area contributed by atoms with Crippen LogP contribution < -0.4 is 11.1 Å². The molecule has 1 aromatic heterocycles. The third-order valence-corrected chi connectivity index (χ3v) is 3.82. The third kappa shape index (κ3) is 3.66. The van der Waals surface area contributed by atoms with Gasteiger partial charge >= 0.3 is 0 Å². The zero-order valence-electron chi connectivity index (χ0n) is 14.4. The van der Waals surface area contributed by atoms with Crippen molar-refractivity contribution in [2.75, 3.05) is 11.1 Å². The molecule has 0 atom stereocenters. The second-order valence-electron chi connectivity index (χ2n) is 5.54. The van der Waals surface area contributed by atoms with E-state index in [4.69, 9.17) is 5.73 Å². The number of nitrogens with one attached hydrogen (secondary N) is 1. The van der Waals surface area contributed by atoms with Crippen molar-refractivity contribution in [1.29, 1.82) is 0 Å². The molecule has 3 rings (SSSR count). The molecule has 0 aliphatic carbocycles. The van der Waals surface area contributed by atoms with E-state index >= 15 is 0 Å². The lowest BCUT2D eigenvalue weighted by molar-refractivity contribution is 1.16. The predicted octanol–water partition coefficient (Wildman–Crippen LogP) is 4.80. The number of nitrogen functional groups attached to an aromatic ring is 1. The first kappa shape index (κ1) is 16.6. The molecular weight excluding hydrogens is 310 g/mol. The number of allylic oxidation sites excluding steroid dienone is 1. The molecule has 0 unspecified atom stereocenters. The first-order valence-corrected chi connectivity index (χ1v) is 8.29. The highest BCUT2D eigenvalue weighted by atomic mass is 15.1. The molecule has 5 nitrogen and oxygen atoms in total. The van der Waals surface area contributed by atoms with Crippen LogP contribution in [-0.4, -0.2) is 16.2 Å². The monoisotopic (exact) mass is 331 g/mol. The number of benzene rings is 2. The minimum atomic E-state index is 0.402. The molecule has 3 N–H and O–H groups in total. The topological polar surface area (TPSA) is 76.2 Å². The largest absolute Gasteiger partial charge is 0.383 e. The molecule has 3 aromatic rings. The number of nitrogens with two attached hydrogens (primary N) is 1. The van der Waals surface area contributed by atoms with E-state index in [2.05, 4.69) is 38.5 Å². The van der Waals surface area contributed by atoms with Crippen LogP contribution in [-0.2, 0) is 0 Å². The first-order valence-electron chi connectivity index (χ1n) is 8.29. The second-order valence-corrected chi connectivity index (χ2v) is 5.54. The van der Waals surface area contributed by atoms with Crippen molar-refractivity contribution in [1.82, 2.24) is 9.97 Å². The van der Waals surface area contributed by atoms with E-state index in [1.807, 2.05) is 50.4 Å². The molecule has 0 aliphatic heterocycles. The van der Waals surface area contributed by atoms with Gasteiger partial charge in [-0.15, -0.1) is 0 Å². The summed E-state index contributed by atoms with van der Waals surface area (Å²) in [6.45, 7) is 3.96. The van der Waals surface area contributed by atoms with E-state index in [1.165, 1.54) is 0 Å². The van der Waals surface area contributed by atoms with Gasteiger partial charge in [-0.25, -0.2) is 4.98 Å². The maximum atomic E-state index is 6.13. The van der Waals surface area contributed by atoms with Gasteiger partial charge in [0.05, 0.1) is 11.3 Å². The summed E-state index contributed by atoms with van der Waals surface area (Å²) in [5.74, 6) is 0.867. The van der Waals surface area contributed by atoms with Crippen LogP contribution in [0.5, 0.6) is 0 Å². The van der Waals surface area contributed by atoms with Gasteiger partial charge in [-0.1, -0.05) is 49.4 Å². The number of anilines is 3. The molecule has 0 bridgehead atoms. The number of fused-ring (bicyclic) bond motifs is 1. The minimum absolute atomic E-state index is 0.402. The van der Waals surface area contributed by atoms with Gasteiger partial charge in [0.25, 0.3) is 0 Å². The summed E-state index contributed by atoms with van der Waals surface area (Å²) < 4.78 is 0. The Morgan fingerprint density at radius 3 is 2.76 bits per heavy atom. The van der Waals surface area contributed by atoms with Gasteiger partial charge in [-0.2, -0.15) is 4.98 Å². The Labute approximate surface area is 147 Å². The highest BCUT2D eigenvalue weighted by molar-refractivity contribution is 5.95. The smallest absolute Gasteiger partial charge is 0.229 e. The fourth-order valence-corrected chi connectivity index (χ4v) is 2.60. The van der Waals surface area contributed by atoms with Crippen LogP contribution in [0.4, 0.5) is 17.5 Å². The van der Waals surface area contributed by atoms with Crippen LogP contribution >= 0.6 is 0 Å². The van der Waals surface area contributed by atoms with E-state index < -0.39 is 0 Å². The molecule has 0 fully saturated rings. The molecule has 0 saturated carbocycles. The Bertz CT molecular complexity index is 938. The van der Waals surface area contributed by atoms with Crippen LogP contribution in [0.3, 0.4) is 0 Å². The van der Waals surface area contributed by atoms with Crippen molar-refractivity contribution in [3.05, 3.63) is 60.3 Å². The quantitative estimate of drug-likeness (QED) is 0.659. The number of aromatic nitrogens is 2. The fourth-order valence-electron chi connectivity index (χ4n) is 2.60. The van der Waals surface area contributed by atoms with Crippen LogP contribution in [0.1, 0.15) is 25.8 Å². The SMILES string of the molecule is C/C=C(\N=CCC)c1cnc(Nc2cccc3ccccc23)nc1N. The van der Waals surface area contributed by atoms with Gasteiger partial charge < -0.3 is 11.1 Å². The summed E-state index contributed by atoms with van der Waals surface area (Å²) in [7, 11) is 0. The summed E-state index contributed by atoms with van der Waals surface area (Å²) in [6.07, 6.45) is 6.31.